The van der Waals surface area contributed by atoms with Crippen molar-refractivity contribution < 1.29 is 19.1 Å². The van der Waals surface area contributed by atoms with E-state index in [9.17, 15) is 14.4 Å². The maximum atomic E-state index is 12.3. The average Bonchev–Trinajstić information content (AvgIpc) is 2.63. The Kier molecular flexibility index (Phi) is 5.74. The normalized spacial score (nSPS) is 15.4. The lowest BCUT2D eigenvalue weighted by atomic mass is 10.1. The predicted molar refractivity (Wildman–Crippen MR) is 110 cm³/mol. The van der Waals surface area contributed by atoms with Crippen LogP contribution < -0.4 is 10.6 Å². The largest absolute Gasteiger partial charge is 0.452 e. The standard InChI is InChI=1S/C21H22N2O4S/c1-11-7-12(2)19(13(3)8-11)23-18(24)10-27-21(26)15-5-6-17-16(9-15)22-20(25)14(4)28-17/h5-9,14H,10H2,1-4H3,(H,22,25)(H,23,24). The molecule has 2 aromatic rings. The minimum absolute atomic E-state index is 0.105. The van der Waals surface area contributed by atoms with Gasteiger partial charge in [0.1, 0.15) is 0 Å². The van der Waals surface area contributed by atoms with Crippen LogP contribution >= 0.6 is 11.8 Å². The van der Waals surface area contributed by atoms with Crippen LogP contribution in [0.2, 0.25) is 0 Å². The van der Waals surface area contributed by atoms with Crippen molar-refractivity contribution in [2.45, 2.75) is 37.8 Å². The summed E-state index contributed by atoms with van der Waals surface area (Å²) in [7, 11) is 0. The van der Waals surface area contributed by atoms with E-state index in [1.54, 1.807) is 18.2 Å². The zero-order valence-corrected chi connectivity index (χ0v) is 17.0. The van der Waals surface area contributed by atoms with E-state index >= 15 is 0 Å². The summed E-state index contributed by atoms with van der Waals surface area (Å²) in [5, 5.41) is 5.39. The number of aryl methyl sites for hydroxylation is 3. The van der Waals surface area contributed by atoms with Gasteiger partial charge in [-0.15, -0.1) is 11.8 Å². The molecule has 0 radical (unpaired) electrons. The maximum Gasteiger partial charge on any atom is 0.338 e. The number of ether oxygens (including phenoxy) is 1. The van der Waals surface area contributed by atoms with Gasteiger partial charge in [-0.25, -0.2) is 4.79 Å². The lowest BCUT2D eigenvalue weighted by Gasteiger charge is -2.21. The van der Waals surface area contributed by atoms with Crippen LogP contribution in [0.5, 0.6) is 0 Å². The molecule has 0 saturated heterocycles. The van der Waals surface area contributed by atoms with Gasteiger partial charge in [-0.05, 0) is 57.0 Å². The molecule has 2 amide bonds. The molecule has 3 rings (SSSR count). The number of hydrogen-bond acceptors (Lipinski definition) is 5. The van der Waals surface area contributed by atoms with Gasteiger partial charge in [0, 0.05) is 10.6 Å². The van der Waals surface area contributed by atoms with Gasteiger partial charge in [0.25, 0.3) is 5.91 Å². The Morgan fingerprint density at radius 2 is 1.82 bits per heavy atom. The molecule has 7 heteroatoms. The van der Waals surface area contributed by atoms with Crippen molar-refractivity contribution in [3.63, 3.8) is 0 Å². The maximum absolute atomic E-state index is 12.3. The second kappa shape index (κ2) is 8.06. The van der Waals surface area contributed by atoms with Crippen molar-refractivity contribution in [2.24, 2.45) is 0 Å². The number of fused-ring (bicyclic) bond motifs is 1. The van der Waals surface area contributed by atoms with Crippen molar-refractivity contribution in [2.75, 3.05) is 17.2 Å². The summed E-state index contributed by atoms with van der Waals surface area (Å²) >= 11 is 1.44. The molecule has 1 heterocycles. The number of carbonyl (C=O) groups is 3. The van der Waals surface area contributed by atoms with Crippen LogP contribution in [-0.2, 0) is 14.3 Å². The fraction of sp³-hybridized carbons (Fsp3) is 0.286. The lowest BCUT2D eigenvalue weighted by Crippen LogP contribution is -2.26. The van der Waals surface area contributed by atoms with Crippen LogP contribution in [0.15, 0.2) is 35.2 Å². The molecule has 1 aliphatic heterocycles. The van der Waals surface area contributed by atoms with Crippen molar-refractivity contribution in [1.82, 2.24) is 0 Å². The van der Waals surface area contributed by atoms with E-state index < -0.39 is 11.9 Å². The van der Waals surface area contributed by atoms with Crippen LogP contribution in [-0.4, -0.2) is 29.6 Å². The molecule has 146 valence electrons. The minimum Gasteiger partial charge on any atom is -0.452 e. The Morgan fingerprint density at radius 3 is 2.50 bits per heavy atom. The van der Waals surface area contributed by atoms with Crippen LogP contribution in [0.1, 0.15) is 34.0 Å². The molecule has 2 N–H and O–H groups in total. The van der Waals surface area contributed by atoms with E-state index in [-0.39, 0.29) is 23.3 Å². The zero-order chi connectivity index (χ0) is 20.4. The molecular formula is C21H22N2O4S. The van der Waals surface area contributed by atoms with Gasteiger partial charge in [-0.2, -0.15) is 0 Å². The lowest BCUT2D eigenvalue weighted by molar-refractivity contribution is -0.119. The summed E-state index contributed by atoms with van der Waals surface area (Å²) in [6, 6.07) is 8.93. The van der Waals surface area contributed by atoms with Crippen LogP contribution in [0.3, 0.4) is 0 Å². The van der Waals surface area contributed by atoms with E-state index in [0.29, 0.717) is 5.69 Å². The Bertz CT molecular complexity index is 948. The Morgan fingerprint density at radius 1 is 1.14 bits per heavy atom. The third-order valence-corrected chi connectivity index (χ3v) is 5.60. The second-order valence-corrected chi connectivity index (χ2v) is 8.24. The van der Waals surface area contributed by atoms with Crippen molar-refractivity contribution >= 4 is 40.9 Å². The zero-order valence-electron chi connectivity index (χ0n) is 16.2. The number of anilines is 2. The van der Waals surface area contributed by atoms with E-state index in [1.807, 2.05) is 39.8 Å². The molecular weight excluding hydrogens is 376 g/mol. The number of amides is 2. The molecule has 0 bridgehead atoms. The first-order chi connectivity index (χ1) is 13.2. The fourth-order valence-electron chi connectivity index (χ4n) is 3.10. The number of hydrogen-bond donors (Lipinski definition) is 2. The molecule has 6 nitrogen and oxygen atoms in total. The summed E-state index contributed by atoms with van der Waals surface area (Å²) in [6.45, 7) is 7.26. The molecule has 0 saturated carbocycles. The Labute approximate surface area is 168 Å². The first-order valence-electron chi connectivity index (χ1n) is 8.91. The number of nitrogens with one attached hydrogen (secondary N) is 2. The van der Waals surface area contributed by atoms with Gasteiger partial charge in [0.15, 0.2) is 6.61 Å². The van der Waals surface area contributed by atoms with Crippen molar-refractivity contribution in [3.8, 4) is 0 Å². The van der Waals surface area contributed by atoms with E-state index in [1.165, 1.54) is 11.8 Å². The summed E-state index contributed by atoms with van der Waals surface area (Å²) in [6.07, 6.45) is 0. The first kappa shape index (κ1) is 19.9. The highest BCUT2D eigenvalue weighted by Crippen LogP contribution is 2.36. The summed E-state index contributed by atoms with van der Waals surface area (Å²) in [5.74, 6) is -1.13. The molecule has 0 aromatic heterocycles. The third kappa shape index (κ3) is 4.36. The third-order valence-electron chi connectivity index (χ3n) is 4.42. The summed E-state index contributed by atoms with van der Waals surface area (Å²) < 4.78 is 5.13. The fourth-order valence-corrected chi connectivity index (χ4v) is 4.03. The molecule has 1 aliphatic rings. The molecule has 2 aromatic carbocycles. The second-order valence-electron chi connectivity index (χ2n) is 6.86. The SMILES string of the molecule is Cc1cc(C)c(NC(=O)COC(=O)c2ccc3c(c2)NC(=O)C(C)S3)c(C)c1. The van der Waals surface area contributed by atoms with Crippen LogP contribution in [0, 0.1) is 20.8 Å². The molecule has 0 fully saturated rings. The number of thioether (sulfide) groups is 1. The highest BCUT2D eigenvalue weighted by molar-refractivity contribution is 8.00. The highest BCUT2D eigenvalue weighted by Gasteiger charge is 2.24. The van der Waals surface area contributed by atoms with E-state index in [0.717, 1.165) is 27.3 Å². The van der Waals surface area contributed by atoms with E-state index in [4.69, 9.17) is 4.74 Å². The summed E-state index contributed by atoms with van der Waals surface area (Å²) in [4.78, 5) is 37.2. The predicted octanol–water partition coefficient (Wildman–Crippen LogP) is 3.84. The first-order valence-corrected chi connectivity index (χ1v) is 9.79. The Hall–Kier alpha value is -2.80. The molecule has 0 spiro atoms. The average molecular weight is 398 g/mol. The number of esters is 1. The molecule has 0 aliphatic carbocycles. The molecule has 1 atom stereocenters. The minimum atomic E-state index is -0.617. The van der Waals surface area contributed by atoms with Crippen molar-refractivity contribution in [3.05, 3.63) is 52.6 Å². The smallest absolute Gasteiger partial charge is 0.338 e. The number of carbonyl (C=O) groups excluding carboxylic acids is 3. The topological polar surface area (TPSA) is 84.5 Å². The number of benzene rings is 2. The molecule has 1 unspecified atom stereocenters. The van der Waals surface area contributed by atoms with Crippen LogP contribution in [0.4, 0.5) is 11.4 Å². The Balaban J connectivity index is 1.62. The van der Waals surface area contributed by atoms with Gasteiger partial charge >= 0.3 is 5.97 Å². The quantitative estimate of drug-likeness (QED) is 0.765. The monoisotopic (exact) mass is 398 g/mol. The molecule has 28 heavy (non-hydrogen) atoms. The van der Waals surface area contributed by atoms with Gasteiger partial charge in [-0.3, -0.25) is 9.59 Å². The highest BCUT2D eigenvalue weighted by atomic mass is 32.2. The van der Waals surface area contributed by atoms with Gasteiger partial charge in [-0.1, -0.05) is 17.7 Å². The number of rotatable bonds is 4. The summed E-state index contributed by atoms with van der Waals surface area (Å²) in [5.41, 5.74) is 4.62. The van der Waals surface area contributed by atoms with Crippen LogP contribution in [0.25, 0.3) is 0 Å². The van der Waals surface area contributed by atoms with Gasteiger partial charge < -0.3 is 15.4 Å². The van der Waals surface area contributed by atoms with Gasteiger partial charge in [0.2, 0.25) is 5.91 Å². The van der Waals surface area contributed by atoms with E-state index in [2.05, 4.69) is 10.6 Å². The van der Waals surface area contributed by atoms with Gasteiger partial charge in [0.05, 0.1) is 16.5 Å². The van der Waals surface area contributed by atoms with Crippen molar-refractivity contribution in [1.29, 1.82) is 0 Å².